The topological polar surface area (TPSA) is 35.5 Å². The lowest BCUT2D eigenvalue weighted by Gasteiger charge is -2.08. The summed E-state index contributed by atoms with van der Waals surface area (Å²) in [6.45, 7) is 7.57. The molecular weight excluding hydrogens is 216 g/mol. The summed E-state index contributed by atoms with van der Waals surface area (Å²) in [5.74, 6) is 0.212. The van der Waals surface area contributed by atoms with Crippen LogP contribution in [0.4, 0.5) is 0 Å². The second-order valence-corrected chi connectivity index (χ2v) is 4.47. The van der Waals surface area contributed by atoms with Gasteiger partial charge in [0.1, 0.15) is 6.61 Å². The summed E-state index contributed by atoms with van der Waals surface area (Å²) >= 11 is 0. The quantitative estimate of drug-likeness (QED) is 0.563. The third-order valence-electron chi connectivity index (χ3n) is 2.17. The first-order chi connectivity index (χ1) is 8.09. The average Bonchev–Trinajstić information content (AvgIpc) is 2.28. The number of carbonyl (C=O) groups excluding carboxylic acids is 1. The lowest BCUT2D eigenvalue weighted by atomic mass is 10.1. The summed E-state index contributed by atoms with van der Waals surface area (Å²) in [5, 5.41) is 0. The van der Waals surface area contributed by atoms with Crippen LogP contribution in [0, 0.1) is 12.8 Å². The lowest BCUT2D eigenvalue weighted by Crippen LogP contribution is -2.12. The summed E-state index contributed by atoms with van der Waals surface area (Å²) in [6.07, 6.45) is 0. The van der Waals surface area contributed by atoms with Gasteiger partial charge in [0.25, 0.3) is 0 Å². The monoisotopic (exact) mass is 236 g/mol. The van der Waals surface area contributed by atoms with Crippen LogP contribution >= 0.6 is 0 Å². The van der Waals surface area contributed by atoms with Crippen LogP contribution in [0.15, 0.2) is 24.3 Å². The van der Waals surface area contributed by atoms with E-state index in [-0.39, 0.29) is 5.97 Å². The first kappa shape index (κ1) is 13.7. The van der Waals surface area contributed by atoms with Crippen molar-refractivity contribution in [3.8, 4) is 0 Å². The van der Waals surface area contributed by atoms with Crippen molar-refractivity contribution in [2.24, 2.45) is 5.92 Å². The van der Waals surface area contributed by atoms with Crippen LogP contribution in [-0.2, 0) is 9.47 Å². The highest BCUT2D eigenvalue weighted by Crippen LogP contribution is 2.05. The molecule has 0 saturated carbocycles. The fraction of sp³-hybridized carbons (Fsp3) is 0.500. The van der Waals surface area contributed by atoms with Gasteiger partial charge in [0.05, 0.1) is 12.2 Å². The Kier molecular flexibility index (Phi) is 5.70. The van der Waals surface area contributed by atoms with Crippen LogP contribution < -0.4 is 0 Å². The zero-order valence-electron chi connectivity index (χ0n) is 10.7. The minimum atomic E-state index is -0.290. The Morgan fingerprint density at radius 2 is 2.06 bits per heavy atom. The molecule has 1 aromatic carbocycles. The zero-order valence-corrected chi connectivity index (χ0v) is 10.7. The number of aryl methyl sites for hydroxylation is 1. The largest absolute Gasteiger partial charge is 0.460 e. The number of rotatable bonds is 6. The molecule has 0 atom stereocenters. The fourth-order valence-corrected chi connectivity index (χ4v) is 1.37. The van der Waals surface area contributed by atoms with Crippen LogP contribution in [0.1, 0.15) is 29.8 Å². The minimum absolute atomic E-state index is 0.290. The number of hydrogen-bond acceptors (Lipinski definition) is 3. The van der Waals surface area contributed by atoms with Gasteiger partial charge in [-0.05, 0) is 25.0 Å². The van der Waals surface area contributed by atoms with E-state index < -0.39 is 0 Å². The van der Waals surface area contributed by atoms with Crippen LogP contribution in [-0.4, -0.2) is 25.8 Å². The maximum Gasteiger partial charge on any atom is 0.338 e. The molecule has 0 heterocycles. The van der Waals surface area contributed by atoms with Crippen molar-refractivity contribution in [1.29, 1.82) is 0 Å². The molecule has 0 aliphatic carbocycles. The highest BCUT2D eigenvalue weighted by Gasteiger charge is 2.06. The van der Waals surface area contributed by atoms with Gasteiger partial charge in [-0.1, -0.05) is 31.5 Å². The molecule has 0 unspecified atom stereocenters. The van der Waals surface area contributed by atoms with Gasteiger partial charge in [0.15, 0.2) is 0 Å². The lowest BCUT2D eigenvalue weighted by molar-refractivity contribution is 0.0277. The van der Waals surface area contributed by atoms with Gasteiger partial charge in [0.2, 0.25) is 0 Å². The highest BCUT2D eigenvalue weighted by atomic mass is 16.6. The zero-order chi connectivity index (χ0) is 12.7. The van der Waals surface area contributed by atoms with E-state index in [9.17, 15) is 4.79 Å². The summed E-state index contributed by atoms with van der Waals surface area (Å²) < 4.78 is 10.4. The minimum Gasteiger partial charge on any atom is -0.460 e. The number of benzene rings is 1. The number of esters is 1. The van der Waals surface area contributed by atoms with Crippen molar-refractivity contribution >= 4 is 5.97 Å². The molecule has 1 rings (SSSR count). The van der Waals surface area contributed by atoms with Crippen molar-refractivity contribution in [2.45, 2.75) is 20.8 Å². The van der Waals surface area contributed by atoms with E-state index in [2.05, 4.69) is 13.8 Å². The van der Waals surface area contributed by atoms with Crippen LogP contribution in [0.25, 0.3) is 0 Å². The molecular formula is C14H20O3. The van der Waals surface area contributed by atoms with Crippen molar-refractivity contribution < 1.29 is 14.3 Å². The molecule has 0 spiro atoms. The molecule has 1 aromatic rings. The normalized spacial score (nSPS) is 10.6. The first-order valence-corrected chi connectivity index (χ1v) is 5.91. The number of carbonyl (C=O) groups is 1. The molecule has 0 amide bonds. The molecule has 0 bridgehead atoms. The van der Waals surface area contributed by atoms with Gasteiger partial charge >= 0.3 is 5.97 Å². The van der Waals surface area contributed by atoms with Crippen LogP contribution in [0.3, 0.4) is 0 Å². The molecule has 0 aliphatic rings. The molecule has 17 heavy (non-hydrogen) atoms. The van der Waals surface area contributed by atoms with Crippen LogP contribution in [0.5, 0.6) is 0 Å². The SMILES string of the molecule is Cc1cccc(C(=O)OCCOCC(C)C)c1. The predicted molar refractivity (Wildman–Crippen MR) is 67.1 cm³/mol. The fourth-order valence-electron chi connectivity index (χ4n) is 1.37. The van der Waals surface area contributed by atoms with Gasteiger partial charge in [-0.2, -0.15) is 0 Å². The Bertz CT molecular complexity index is 358. The Balaban J connectivity index is 2.26. The van der Waals surface area contributed by atoms with Gasteiger partial charge in [0, 0.05) is 6.61 Å². The third-order valence-corrected chi connectivity index (χ3v) is 2.17. The van der Waals surface area contributed by atoms with E-state index >= 15 is 0 Å². The molecule has 0 radical (unpaired) electrons. The molecule has 0 N–H and O–H groups in total. The molecule has 3 heteroatoms. The first-order valence-electron chi connectivity index (χ1n) is 5.91. The Hall–Kier alpha value is -1.35. The smallest absolute Gasteiger partial charge is 0.338 e. The molecule has 94 valence electrons. The van der Waals surface area contributed by atoms with E-state index in [1.807, 2.05) is 25.1 Å². The molecule has 0 aromatic heterocycles. The third kappa shape index (κ3) is 5.50. The standard InChI is InChI=1S/C14H20O3/c1-11(2)10-16-7-8-17-14(15)13-6-4-5-12(3)9-13/h4-6,9,11H,7-8,10H2,1-3H3. The van der Waals surface area contributed by atoms with E-state index in [4.69, 9.17) is 9.47 Å². The maximum atomic E-state index is 11.6. The van der Waals surface area contributed by atoms with Crippen molar-refractivity contribution in [1.82, 2.24) is 0 Å². The Morgan fingerprint density at radius 3 is 2.71 bits per heavy atom. The van der Waals surface area contributed by atoms with E-state index in [1.54, 1.807) is 6.07 Å². The number of ether oxygens (including phenoxy) is 2. The summed E-state index contributed by atoms with van der Waals surface area (Å²) in [4.78, 5) is 11.6. The van der Waals surface area contributed by atoms with Crippen molar-refractivity contribution in [2.75, 3.05) is 19.8 Å². The van der Waals surface area contributed by atoms with E-state index in [0.717, 1.165) is 5.56 Å². The molecule has 0 fully saturated rings. The van der Waals surface area contributed by atoms with Gasteiger partial charge < -0.3 is 9.47 Å². The Morgan fingerprint density at radius 1 is 1.29 bits per heavy atom. The maximum absolute atomic E-state index is 11.6. The van der Waals surface area contributed by atoms with Crippen LogP contribution in [0.2, 0.25) is 0 Å². The molecule has 0 saturated heterocycles. The van der Waals surface area contributed by atoms with E-state index in [0.29, 0.717) is 31.3 Å². The van der Waals surface area contributed by atoms with Crippen molar-refractivity contribution in [3.05, 3.63) is 35.4 Å². The molecule has 3 nitrogen and oxygen atoms in total. The van der Waals surface area contributed by atoms with E-state index in [1.165, 1.54) is 0 Å². The second kappa shape index (κ2) is 7.07. The summed E-state index contributed by atoms with van der Waals surface area (Å²) in [5.41, 5.74) is 1.64. The van der Waals surface area contributed by atoms with Gasteiger partial charge in [-0.15, -0.1) is 0 Å². The number of hydrogen-bond donors (Lipinski definition) is 0. The van der Waals surface area contributed by atoms with Crippen molar-refractivity contribution in [3.63, 3.8) is 0 Å². The second-order valence-electron chi connectivity index (χ2n) is 4.47. The summed E-state index contributed by atoms with van der Waals surface area (Å²) in [6, 6.07) is 7.37. The predicted octanol–water partition coefficient (Wildman–Crippen LogP) is 2.82. The van der Waals surface area contributed by atoms with Gasteiger partial charge in [-0.25, -0.2) is 4.79 Å². The highest BCUT2D eigenvalue weighted by molar-refractivity contribution is 5.89. The average molecular weight is 236 g/mol. The summed E-state index contributed by atoms with van der Waals surface area (Å²) in [7, 11) is 0. The Labute approximate surface area is 103 Å². The molecule has 0 aliphatic heterocycles. The van der Waals surface area contributed by atoms with Gasteiger partial charge in [-0.3, -0.25) is 0 Å².